The summed E-state index contributed by atoms with van der Waals surface area (Å²) in [5, 5.41) is 4.09. The third kappa shape index (κ3) is 3.55. The Morgan fingerprint density at radius 3 is 2.48 bits per heavy atom. The fourth-order valence-electron chi connectivity index (χ4n) is 2.55. The van der Waals surface area contributed by atoms with Crippen LogP contribution in [0.4, 0.5) is 0 Å². The predicted octanol–water partition coefficient (Wildman–Crippen LogP) is 3.86. The summed E-state index contributed by atoms with van der Waals surface area (Å²) in [6, 6.07) is 8.11. The number of aromatic nitrogens is 1. The molecule has 2 rings (SSSR count). The second kappa shape index (κ2) is 6.92. The number of halogens is 1. The quantitative estimate of drug-likeness (QED) is 0.910. The largest absolute Gasteiger partial charge is 0.496 e. The Kier molecular flexibility index (Phi) is 5.21. The van der Waals surface area contributed by atoms with E-state index in [2.05, 4.69) is 17.2 Å². The number of methoxy groups -OCH3 is 1. The van der Waals surface area contributed by atoms with Crippen molar-refractivity contribution in [3.05, 3.63) is 57.9 Å². The van der Waals surface area contributed by atoms with Gasteiger partial charge in [0.2, 0.25) is 0 Å². The van der Waals surface area contributed by atoms with E-state index in [1.54, 1.807) is 7.11 Å². The van der Waals surface area contributed by atoms with Crippen LogP contribution in [-0.2, 0) is 6.42 Å². The molecule has 2 aromatic rings. The summed E-state index contributed by atoms with van der Waals surface area (Å²) in [4.78, 5) is 4.57. The first-order valence-electron chi connectivity index (χ1n) is 6.98. The van der Waals surface area contributed by atoms with Crippen LogP contribution in [0.25, 0.3) is 0 Å². The molecule has 1 N–H and O–H groups in total. The number of pyridine rings is 1. The molecule has 1 aromatic heterocycles. The van der Waals surface area contributed by atoms with E-state index in [1.165, 1.54) is 5.56 Å². The molecule has 1 heterocycles. The van der Waals surface area contributed by atoms with E-state index in [0.717, 1.165) is 34.0 Å². The molecule has 0 spiro atoms. The van der Waals surface area contributed by atoms with Crippen LogP contribution >= 0.6 is 11.6 Å². The molecule has 0 aliphatic heterocycles. The lowest BCUT2D eigenvalue weighted by Gasteiger charge is -2.19. The topological polar surface area (TPSA) is 34.2 Å². The van der Waals surface area contributed by atoms with Crippen molar-refractivity contribution in [2.75, 3.05) is 14.2 Å². The lowest BCUT2D eigenvalue weighted by atomic mass is 9.99. The fourth-order valence-corrected chi connectivity index (χ4v) is 2.68. The number of benzene rings is 1. The summed E-state index contributed by atoms with van der Waals surface area (Å²) in [6.45, 7) is 4.07. The van der Waals surface area contributed by atoms with Crippen LogP contribution in [0.5, 0.6) is 5.75 Å². The first-order chi connectivity index (χ1) is 10.1. The Morgan fingerprint density at radius 2 is 1.90 bits per heavy atom. The van der Waals surface area contributed by atoms with Gasteiger partial charge in [0.1, 0.15) is 5.75 Å². The minimum absolute atomic E-state index is 0.195. The summed E-state index contributed by atoms with van der Waals surface area (Å²) >= 11 is 5.95. The van der Waals surface area contributed by atoms with Crippen molar-refractivity contribution < 1.29 is 4.74 Å². The molecule has 0 saturated heterocycles. The van der Waals surface area contributed by atoms with Crippen molar-refractivity contribution in [2.24, 2.45) is 0 Å². The van der Waals surface area contributed by atoms with Gasteiger partial charge in [0.25, 0.3) is 0 Å². The van der Waals surface area contributed by atoms with Gasteiger partial charge in [-0.25, -0.2) is 0 Å². The van der Waals surface area contributed by atoms with Crippen LogP contribution in [-0.4, -0.2) is 19.1 Å². The van der Waals surface area contributed by atoms with Gasteiger partial charge in [-0.1, -0.05) is 23.7 Å². The number of ether oxygens (including phenoxy) is 1. The van der Waals surface area contributed by atoms with Crippen molar-refractivity contribution in [1.82, 2.24) is 10.3 Å². The molecule has 0 fully saturated rings. The molecular formula is C17H21ClN2O. The number of hydrogen-bond donors (Lipinski definition) is 1. The van der Waals surface area contributed by atoms with Crippen LogP contribution in [0.1, 0.15) is 28.4 Å². The maximum absolute atomic E-state index is 5.95. The van der Waals surface area contributed by atoms with Crippen molar-refractivity contribution in [1.29, 1.82) is 0 Å². The van der Waals surface area contributed by atoms with Gasteiger partial charge in [0.05, 0.1) is 7.11 Å². The highest BCUT2D eigenvalue weighted by Gasteiger charge is 2.15. The lowest BCUT2D eigenvalue weighted by Crippen LogP contribution is -2.20. The average molecular weight is 305 g/mol. The number of nitrogens with zero attached hydrogens (tertiary/aromatic N) is 1. The predicted molar refractivity (Wildman–Crippen MR) is 87.2 cm³/mol. The molecule has 0 saturated carbocycles. The van der Waals surface area contributed by atoms with Gasteiger partial charge in [-0.3, -0.25) is 4.98 Å². The minimum atomic E-state index is 0.195. The number of nitrogens with one attached hydrogen (secondary N) is 1. The summed E-state index contributed by atoms with van der Waals surface area (Å²) < 4.78 is 5.48. The van der Waals surface area contributed by atoms with Crippen LogP contribution in [0.2, 0.25) is 5.02 Å². The van der Waals surface area contributed by atoms with E-state index in [0.29, 0.717) is 0 Å². The molecule has 3 nitrogen and oxygen atoms in total. The zero-order chi connectivity index (χ0) is 15.4. The zero-order valence-electron chi connectivity index (χ0n) is 12.9. The minimum Gasteiger partial charge on any atom is -0.496 e. The Morgan fingerprint density at radius 1 is 1.24 bits per heavy atom. The monoisotopic (exact) mass is 304 g/mol. The Hall–Kier alpha value is -1.58. The highest BCUT2D eigenvalue weighted by Crippen LogP contribution is 2.27. The van der Waals surface area contributed by atoms with E-state index < -0.39 is 0 Å². The average Bonchev–Trinajstić information content (AvgIpc) is 2.48. The van der Waals surface area contributed by atoms with Crippen molar-refractivity contribution in [2.45, 2.75) is 26.3 Å². The summed E-state index contributed by atoms with van der Waals surface area (Å²) in [5.41, 5.74) is 4.41. The van der Waals surface area contributed by atoms with Crippen LogP contribution < -0.4 is 10.1 Å². The van der Waals surface area contributed by atoms with Crippen molar-refractivity contribution >= 4 is 11.6 Å². The molecule has 1 aromatic carbocycles. The van der Waals surface area contributed by atoms with Gasteiger partial charge < -0.3 is 10.1 Å². The van der Waals surface area contributed by atoms with E-state index in [1.807, 2.05) is 44.4 Å². The number of aryl methyl sites for hydroxylation is 1. The fraction of sp³-hybridized carbons (Fsp3) is 0.353. The molecule has 0 aliphatic rings. The Bertz CT molecular complexity index is 611. The van der Waals surface area contributed by atoms with Crippen LogP contribution in [0, 0.1) is 13.8 Å². The first-order valence-corrected chi connectivity index (χ1v) is 7.36. The van der Waals surface area contributed by atoms with Gasteiger partial charge in [-0.2, -0.15) is 0 Å². The molecule has 1 atom stereocenters. The van der Waals surface area contributed by atoms with Gasteiger partial charge in [-0.15, -0.1) is 0 Å². The second-order valence-corrected chi connectivity index (χ2v) is 5.58. The highest BCUT2D eigenvalue weighted by atomic mass is 35.5. The molecule has 4 heteroatoms. The molecule has 0 bridgehead atoms. The van der Waals surface area contributed by atoms with E-state index >= 15 is 0 Å². The van der Waals surface area contributed by atoms with Crippen LogP contribution in [0.15, 0.2) is 30.5 Å². The summed E-state index contributed by atoms with van der Waals surface area (Å²) in [6.07, 6.45) is 2.68. The molecule has 0 radical (unpaired) electrons. The molecule has 1 unspecified atom stereocenters. The van der Waals surface area contributed by atoms with Crippen molar-refractivity contribution in [3.8, 4) is 5.75 Å². The summed E-state index contributed by atoms with van der Waals surface area (Å²) in [5.74, 6) is 0.922. The lowest BCUT2D eigenvalue weighted by molar-refractivity contribution is 0.406. The summed E-state index contributed by atoms with van der Waals surface area (Å²) in [7, 11) is 3.66. The van der Waals surface area contributed by atoms with E-state index in [4.69, 9.17) is 16.3 Å². The van der Waals surface area contributed by atoms with Gasteiger partial charge in [0.15, 0.2) is 0 Å². The smallest absolute Gasteiger partial charge is 0.128 e. The maximum Gasteiger partial charge on any atom is 0.128 e. The standard InChI is InChI=1S/C17H21ClN2O/c1-11-10-20-15(12(2)17(11)21-4)9-16(19-3)13-5-7-14(18)8-6-13/h5-8,10,16,19H,9H2,1-4H3. The van der Waals surface area contributed by atoms with Crippen LogP contribution in [0.3, 0.4) is 0 Å². The van der Waals surface area contributed by atoms with Gasteiger partial charge in [-0.05, 0) is 38.6 Å². The van der Waals surface area contributed by atoms with Gasteiger partial charge >= 0.3 is 0 Å². The molecular weight excluding hydrogens is 284 g/mol. The second-order valence-electron chi connectivity index (χ2n) is 5.14. The SMILES string of the molecule is CNC(Cc1ncc(C)c(OC)c1C)c1ccc(Cl)cc1. The van der Waals surface area contributed by atoms with Crippen molar-refractivity contribution in [3.63, 3.8) is 0 Å². The van der Waals surface area contributed by atoms with E-state index in [-0.39, 0.29) is 6.04 Å². The number of rotatable bonds is 5. The Balaban J connectivity index is 2.29. The third-order valence-electron chi connectivity index (χ3n) is 3.77. The molecule has 0 aliphatic carbocycles. The first kappa shape index (κ1) is 15.8. The number of likely N-dealkylation sites (N-methyl/N-ethyl adjacent to an activating group) is 1. The maximum atomic E-state index is 5.95. The number of hydrogen-bond acceptors (Lipinski definition) is 3. The molecule has 112 valence electrons. The third-order valence-corrected chi connectivity index (χ3v) is 4.02. The normalized spacial score (nSPS) is 12.2. The Labute approximate surface area is 131 Å². The molecule has 0 amide bonds. The molecule has 21 heavy (non-hydrogen) atoms. The highest BCUT2D eigenvalue weighted by molar-refractivity contribution is 6.30. The van der Waals surface area contributed by atoms with E-state index in [9.17, 15) is 0 Å². The van der Waals surface area contributed by atoms with Gasteiger partial charge in [0, 0.05) is 40.5 Å². The zero-order valence-corrected chi connectivity index (χ0v) is 13.7.